The largest absolute Gasteiger partial charge is 0.243 e. The molecule has 9 heteroatoms. The van der Waals surface area contributed by atoms with Gasteiger partial charge in [0.2, 0.25) is 20.0 Å². The van der Waals surface area contributed by atoms with E-state index >= 15 is 0 Å². The Balaban J connectivity index is 1.84. The Labute approximate surface area is 152 Å². The number of nitrogens with one attached hydrogen (secondary N) is 1. The van der Waals surface area contributed by atoms with Gasteiger partial charge in [-0.1, -0.05) is 18.2 Å². The zero-order valence-corrected chi connectivity index (χ0v) is 15.7. The van der Waals surface area contributed by atoms with Crippen LogP contribution in [0.15, 0.2) is 58.3 Å². The predicted molar refractivity (Wildman–Crippen MR) is 94.8 cm³/mol. The molecule has 1 fully saturated rings. The van der Waals surface area contributed by atoms with Gasteiger partial charge < -0.3 is 0 Å². The molecule has 0 bridgehead atoms. The van der Waals surface area contributed by atoms with Crippen LogP contribution < -0.4 is 4.72 Å². The molecule has 0 radical (unpaired) electrons. The van der Waals surface area contributed by atoms with E-state index < -0.39 is 25.9 Å². The average Bonchev–Trinajstić information content (AvgIpc) is 3.40. The minimum absolute atomic E-state index is 0.0416. The highest BCUT2D eigenvalue weighted by atomic mass is 32.2. The van der Waals surface area contributed by atoms with Crippen molar-refractivity contribution in [3.05, 3.63) is 59.9 Å². The molecule has 6 nitrogen and oxygen atoms in total. The molecule has 0 heterocycles. The van der Waals surface area contributed by atoms with E-state index in [0.29, 0.717) is 5.56 Å². The summed E-state index contributed by atoms with van der Waals surface area (Å²) in [5.74, 6) is -0.402. The third kappa shape index (κ3) is 4.29. The highest BCUT2D eigenvalue weighted by Crippen LogP contribution is 2.24. The van der Waals surface area contributed by atoms with Crippen molar-refractivity contribution in [2.75, 3.05) is 7.05 Å². The number of rotatable bonds is 7. The van der Waals surface area contributed by atoms with Crippen LogP contribution in [-0.4, -0.2) is 34.2 Å². The SMILES string of the molecule is CN(Cc1ccc(F)cc1)S(=O)(=O)c1cccc(S(=O)(=O)NC2CC2)c1. The first-order valence-corrected chi connectivity index (χ1v) is 10.9. The molecule has 2 aromatic rings. The van der Waals surface area contributed by atoms with Crippen LogP contribution in [0, 0.1) is 5.82 Å². The standard InChI is InChI=1S/C17H19FN2O4S2/c1-20(12-13-5-7-14(18)8-6-13)26(23,24)17-4-2-3-16(11-17)25(21,22)19-15-9-10-15/h2-8,11,15,19H,9-10,12H2,1H3. The zero-order chi connectivity index (χ0) is 18.9. The summed E-state index contributed by atoms with van der Waals surface area (Å²) in [6, 6.07) is 10.7. The second-order valence-corrected chi connectivity index (χ2v) is 10.0. The maximum atomic E-state index is 13.0. The van der Waals surface area contributed by atoms with Crippen molar-refractivity contribution in [2.24, 2.45) is 0 Å². The van der Waals surface area contributed by atoms with Gasteiger partial charge in [-0.25, -0.2) is 25.9 Å². The zero-order valence-electron chi connectivity index (χ0n) is 14.1. The number of nitrogens with zero attached hydrogens (tertiary/aromatic N) is 1. The maximum absolute atomic E-state index is 13.0. The maximum Gasteiger partial charge on any atom is 0.243 e. The summed E-state index contributed by atoms with van der Waals surface area (Å²) in [6.07, 6.45) is 1.58. The number of hydrogen-bond donors (Lipinski definition) is 1. The lowest BCUT2D eigenvalue weighted by Crippen LogP contribution is -2.28. The Hall–Kier alpha value is -1.81. The third-order valence-corrected chi connectivity index (χ3v) is 7.36. The van der Waals surface area contributed by atoms with Crippen LogP contribution in [0.3, 0.4) is 0 Å². The van der Waals surface area contributed by atoms with Gasteiger partial charge in [0.05, 0.1) is 9.79 Å². The molecule has 0 amide bonds. The fourth-order valence-electron chi connectivity index (χ4n) is 2.40. The van der Waals surface area contributed by atoms with Gasteiger partial charge in [-0.2, -0.15) is 4.31 Å². The Kier molecular flexibility index (Phi) is 5.16. The molecule has 0 aliphatic heterocycles. The number of benzene rings is 2. The van der Waals surface area contributed by atoms with Crippen LogP contribution in [0.1, 0.15) is 18.4 Å². The normalized spacial score (nSPS) is 15.3. The average molecular weight is 398 g/mol. The Bertz CT molecular complexity index is 1000. The molecule has 0 aromatic heterocycles. The Morgan fingerprint density at radius 1 is 1.04 bits per heavy atom. The van der Waals surface area contributed by atoms with Crippen molar-refractivity contribution >= 4 is 20.0 Å². The van der Waals surface area contributed by atoms with E-state index in [1.807, 2.05) is 0 Å². The fraction of sp³-hybridized carbons (Fsp3) is 0.294. The fourth-order valence-corrected chi connectivity index (χ4v) is 5.03. The van der Waals surface area contributed by atoms with Crippen LogP contribution in [0.25, 0.3) is 0 Å². The Morgan fingerprint density at radius 2 is 1.65 bits per heavy atom. The third-order valence-electron chi connectivity index (χ3n) is 4.04. The van der Waals surface area contributed by atoms with E-state index in [2.05, 4.69) is 4.72 Å². The van der Waals surface area contributed by atoms with E-state index in [4.69, 9.17) is 0 Å². The lowest BCUT2D eigenvalue weighted by molar-refractivity contribution is 0.466. The monoisotopic (exact) mass is 398 g/mol. The second-order valence-electron chi connectivity index (χ2n) is 6.26. The van der Waals surface area contributed by atoms with Gasteiger partial charge in [0.25, 0.3) is 0 Å². The lowest BCUT2D eigenvalue weighted by atomic mass is 10.2. The van der Waals surface area contributed by atoms with E-state index in [1.54, 1.807) is 0 Å². The summed E-state index contributed by atoms with van der Waals surface area (Å²) in [7, 11) is -6.25. The highest BCUT2D eigenvalue weighted by Gasteiger charge is 2.29. The quantitative estimate of drug-likeness (QED) is 0.774. The van der Waals surface area contributed by atoms with Crippen molar-refractivity contribution in [2.45, 2.75) is 35.2 Å². The first kappa shape index (κ1) is 19.0. The van der Waals surface area contributed by atoms with Crippen molar-refractivity contribution in [3.8, 4) is 0 Å². The summed E-state index contributed by atoms with van der Waals surface area (Å²) in [5.41, 5.74) is 0.622. The number of hydrogen-bond acceptors (Lipinski definition) is 4. The lowest BCUT2D eigenvalue weighted by Gasteiger charge is -2.18. The molecule has 0 saturated heterocycles. The van der Waals surface area contributed by atoms with Gasteiger partial charge in [-0.3, -0.25) is 0 Å². The van der Waals surface area contributed by atoms with Crippen LogP contribution in [0.5, 0.6) is 0 Å². The minimum atomic E-state index is -3.90. The Morgan fingerprint density at radius 3 is 2.27 bits per heavy atom. The van der Waals surface area contributed by atoms with Gasteiger partial charge in [0, 0.05) is 19.6 Å². The number of halogens is 1. The summed E-state index contributed by atoms with van der Waals surface area (Å²) in [5, 5.41) is 0. The molecule has 140 valence electrons. The molecule has 0 spiro atoms. The molecule has 0 atom stereocenters. The molecule has 1 N–H and O–H groups in total. The first-order chi connectivity index (χ1) is 12.2. The van der Waals surface area contributed by atoms with E-state index in [9.17, 15) is 21.2 Å². The smallest absolute Gasteiger partial charge is 0.208 e. The second kappa shape index (κ2) is 7.07. The van der Waals surface area contributed by atoms with Gasteiger partial charge in [-0.05, 0) is 48.7 Å². The first-order valence-electron chi connectivity index (χ1n) is 8.02. The van der Waals surface area contributed by atoms with Gasteiger partial charge in [-0.15, -0.1) is 0 Å². The van der Waals surface area contributed by atoms with Gasteiger partial charge in [0.1, 0.15) is 5.82 Å². The van der Waals surface area contributed by atoms with Crippen LogP contribution in [-0.2, 0) is 26.6 Å². The number of sulfonamides is 2. The van der Waals surface area contributed by atoms with Crippen LogP contribution in [0.2, 0.25) is 0 Å². The van der Waals surface area contributed by atoms with E-state index in [0.717, 1.165) is 23.2 Å². The predicted octanol–water partition coefficient (Wildman–Crippen LogP) is 2.09. The van der Waals surface area contributed by atoms with Crippen molar-refractivity contribution in [1.29, 1.82) is 0 Å². The molecular formula is C17H19FN2O4S2. The molecule has 1 aliphatic carbocycles. The molecule has 2 aromatic carbocycles. The topological polar surface area (TPSA) is 83.6 Å². The van der Waals surface area contributed by atoms with Gasteiger partial charge in [0.15, 0.2) is 0 Å². The molecule has 0 unspecified atom stereocenters. The van der Waals surface area contributed by atoms with Crippen molar-refractivity contribution in [3.63, 3.8) is 0 Å². The van der Waals surface area contributed by atoms with Crippen LogP contribution >= 0.6 is 0 Å². The highest BCUT2D eigenvalue weighted by molar-refractivity contribution is 7.90. The summed E-state index contributed by atoms with van der Waals surface area (Å²) in [4.78, 5) is -0.193. The summed E-state index contributed by atoms with van der Waals surface area (Å²) >= 11 is 0. The van der Waals surface area contributed by atoms with Crippen molar-refractivity contribution in [1.82, 2.24) is 9.03 Å². The van der Waals surface area contributed by atoms with Crippen LogP contribution in [0.4, 0.5) is 4.39 Å². The van der Waals surface area contributed by atoms with E-state index in [-0.39, 0.29) is 22.4 Å². The molecule has 26 heavy (non-hydrogen) atoms. The van der Waals surface area contributed by atoms with Crippen molar-refractivity contribution < 1.29 is 21.2 Å². The molecule has 1 aliphatic rings. The van der Waals surface area contributed by atoms with E-state index in [1.165, 1.54) is 49.5 Å². The summed E-state index contributed by atoms with van der Waals surface area (Å²) < 4.78 is 66.7. The molecule has 3 rings (SSSR count). The molecular weight excluding hydrogens is 379 g/mol. The van der Waals surface area contributed by atoms with Gasteiger partial charge >= 0.3 is 0 Å². The minimum Gasteiger partial charge on any atom is -0.208 e. The summed E-state index contributed by atoms with van der Waals surface area (Å²) in [6.45, 7) is 0.0416. The molecule has 1 saturated carbocycles.